The van der Waals surface area contributed by atoms with Gasteiger partial charge in [0.05, 0.1) is 12.7 Å². The molecule has 0 atom stereocenters. The monoisotopic (exact) mass is 236 g/mol. The van der Waals surface area contributed by atoms with Gasteiger partial charge >= 0.3 is 0 Å². The molecule has 2 aromatic heterocycles. The van der Waals surface area contributed by atoms with Crippen LogP contribution in [-0.4, -0.2) is 28.3 Å². The molecule has 0 saturated carbocycles. The van der Waals surface area contributed by atoms with E-state index in [4.69, 9.17) is 0 Å². The number of nitrogens with zero attached hydrogens (tertiary/aromatic N) is 3. The summed E-state index contributed by atoms with van der Waals surface area (Å²) in [6.07, 6.45) is 12.2. The predicted octanol–water partition coefficient (Wildman–Crippen LogP) is 2.17. The van der Waals surface area contributed by atoms with Crippen molar-refractivity contribution in [2.45, 2.75) is 32.1 Å². The van der Waals surface area contributed by atoms with Crippen molar-refractivity contribution in [1.82, 2.24) is 19.5 Å². The number of H-pyrrole nitrogens is 1. The minimum Gasteiger partial charge on any atom is -0.351 e. The molecular weight excluding hydrogens is 216 g/mol. The molecule has 0 fully saturated rings. The molecule has 0 aromatic carbocycles. The smallest absolute Gasteiger partial charge is 0.0945 e. The van der Waals surface area contributed by atoms with Gasteiger partial charge in [-0.15, -0.1) is 0 Å². The maximum Gasteiger partial charge on any atom is 0.0945 e. The number of hydrogen-bond acceptors (Lipinski definition) is 2. The molecule has 0 aliphatic rings. The molecule has 0 aliphatic carbocycles. The van der Waals surface area contributed by atoms with Crippen molar-refractivity contribution in [3.8, 4) is 0 Å². The number of imidazole rings is 2. The first-order chi connectivity index (χ1) is 7.79. The van der Waals surface area contributed by atoms with Crippen LogP contribution in [0, 0.1) is 0 Å². The molecule has 4 nitrogen and oxygen atoms in total. The lowest BCUT2D eigenvalue weighted by Crippen LogP contribution is -2.02. The van der Waals surface area contributed by atoms with Crippen LogP contribution in [0.2, 0.25) is 19.1 Å². The SMILES string of the molecule is C[SiH](C)CCCn1ccnc1.c1c[nH]cn1. The van der Waals surface area contributed by atoms with Crippen LogP contribution in [-0.2, 0) is 6.54 Å². The maximum absolute atomic E-state index is 3.99. The van der Waals surface area contributed by atoms with Crippen LogP contribution in [0.1, 0.15) is 6.42 Å². The molecule has 5 heteroatoms. The average Bonchev–Trinajstić information content (AvgIpc) is 2.93. The van der Waals surface area contributed by atoms with Crippen LogP contribution in [0.25, 0.3) is 0 Å². The Hall–Kier alpha value is -1.36. The molecule has 0 aliphatic heterocycles. The predicted molar refractivity (Wildman–Crippen MR) is 69.1 cm³/mol. The standard InChI is InChI=1S/C8H16N2Si.C3H4N2/c1-11(2)7-3-5-10-6-4-9-8-10;1-2-5-3-4-1/h4,6,8,11H,3,5,7H2,1-2H3;1-3H,(H,4,5). The van der Waals surface area contributed by atoms with Crippen LogP contribution in [0.15, 0.2) is 37.4 Å². The van der Waals surface area contributed by atoms with Gasteiger partial charge in [-0.1, -0.05) is 19.1 Å². The lowest BCUT2D eigenvalue weighted by atomic mass is 10.5. The van der Waals surface area contributed by atoms with Gasteiger partial charge in [-0.2, -0.15) is 0 Å². The maximum atomic E-state index is 3.99. The quantitative estimate of drug-likeness (QED) is 0.827. The van der Waals surface area contributed by atoms with E-state index < -0.39 is 0 Å². The van der Waals surface area contributed by atoms with E-state index in [0.29, 0.717) is 0 Å². The highest BCUT2D eigenvalue weighted by Gasteiger charge is 1.95. The Morgan fingerprint density at radius 2 is 2.12 bits per heavy atom. The van der Waals surface area contributed by atoms with Crippen LogP contribution in [0.5, 0.6) is 0 Å². The van der Waals surface area contributed by atoms with E-state index in [1.54, 1.807) is 18.7 Å². The number of rotatable bonds is 4. The van der Waals surface area contributed by atoms with Crippen molar-refractivity contribution in [3.63, 3.8) is 0 Å². The van der Waals surface area contributed by atoms with E-state index in [9.17, 15) is 0 Å². The molecule has 0 radical (unpaired) electrons. The van der Waals surface area contributed by atoms with Gasteiger partial charge in [-0.05, 0) is 6.42 Å². The second kappa shape index (κ2) is 7.87. The minimum absolute atomic E-state index is 0.326. The Kier molecular flexibility index (Phi) is 6.25. The lowest BCUT2D eigenvalue weighted by molar-refractivity contribution is 0.675. The van der Waals surface area contributed by atoms with Crippen molar-refractivity contribution in [3.05, 3.63) is 37.4 Å². The molecule has 2 aromatic rings. The van der Waals surface area contributed by atoms with E-state index in [1.807, 2.05) is 18.7 Å². The third-order valence-corrected chi connectivity index (χ3v) is 3.73. The molecule has 0 spiro atoms. The van der Waals surface area contributed by atoms with Gasteiger partial charge in [0.15, 0.2) is 0 Å². The Morgan fingerprint density at radius 1 is 1.25 bits per heavy atom. The fourth-order valence-electron chi connectivity index (χ4n) is 1.32. The van der Waals surface area contributed by atoms with Crippen LogP contribution in [0.4, 0.5) is 0 Å². The summed E-state index contributed by atoms with van der Waals surface area (Å²) in [5.74, 6) is 0. The average molecular weight is 236 g/mol. The summed E-state index contributed by atoms with van der Waals surface area (Å²) in [5, 5.41) is 0. The topological polar surface area (TPSA) is 46.5 Å². The number of nitrogens with one attached hydrogen (secondary N) is 1. The molecular formula is C11H20N4Si. The summed E-state index contributed by atoms with van der Waals surface area (Å²) in [6, 6.07) is 1.44. The normalized spacial score (nSPS) is 9.94. The molecule has 2 heterocycles. The first-order valence-electron chi connectivity index (χ1n) is 5.67. The van der Waals surface area contributed by atoms with Gasteiger partial charge in [0, 0.05) is 40.1 Å². The Bertz CT molecular complexity index is 312. The van der Waals surface area contributed by atoms with Crippen molar-refractivity contribution in [2.24, 2.45) is 0 Å². The van der Waals surface area contributed by atoms with Crippen LogP contribution in [0.3, 0.4) is 0 Å². The van der Waals surface area contributed by atoms with E-state index in [-0.39, 0.29) is 8.80 Å². The fourth-order valence-corrected chi connectivity index (χ4v) is 2.32. The Morgan fingerprint density at radius 3 is 2.56 bits per heavy atom. The highest BCUT2D eigenvalue weighted by atomic mass is 28.3. The first-order valence-corrected chi connectivity index (χ1v) is 8.80. The minimum atomic E-state index is -0.326. The van der Waals surface area contributed by atoms with E-state index in [1.165, 1.54) is 12.5 Å². The summed E-state index contributed by atoms with van der Waals surface area (Å²) < 4.78 is 2.15. The van der Waals surface area contributed by atoms with E-state index >= 15 is 0 Å². The molecule has 0 unspecified atom stereocenters. The van der Waals surface area contributed by atoms with Crippen molar-refractivity contribution in [2.75, 3.05) is 0 Å². The third-order valence-electron chi connectivity index (χ3n) is 2.16. The zero-order chi connectivity index (χ0) is 11.6. The summed E-state index contributed by atoms with van der Waals surface area (Å²) in [4.78, 5) is 10.4. The summed E-state index contributed by atoms with van der Waals surface area (Å²) in [5.41, 5.74) is 0. The van der Waals surface area contributed by atoms with Crippen molar-refractivity contribution >= 4 is 8.80 Å². The zero-order valence-electron chi connectivity index (χ0n) is 10.0. The molecule has 0 saturated heterocycles. The molecule has 0 amide bonds. The van der Waals surface area contributed by atoms with Gasteiger partial charge in [0.2, 0.25) is 0 Å². The summed E-state index contributed by atoms with van der Waals surface area (Å²) >= 11 is 0. The molecule has 16 heavy (non-hydrogen) atoms. The zero-order valence-corrected chi connectivity index (χ0v) is 11.2. The second-order valence-corrected chi connectivity index (χ2v) is 7.46. The highest BCUT2D eigenvalue weighted by Crippen LogP contribution is 1.99. The van der Waals surface area contributed by atoms with E-state index in [0.717, 1.165) is 6.54 Å². The van der Waals surface area contributed by atoms with Gasteiger partial charge in [-0.3, -0.25) is 0 Å². The van der Waals surface area contributed by atoms with Crippen LogP contribution >= 0.6 is 0 Å². The van der Waals surface area contributed by atoms with Gasteiger partial charge in [0.25, 0.3) is 0 Å². The second-order valence-electron chi connectivity index (χ2n) is 4.10. The number of hydrogen-bond donors (Lipinski definition) is 1. The highest BCUT2D eigenvalue weighted by molar-refractivity contribution is 6.55. The van der Waals surface area contributed by atoms with Gasteiger partial charge < -0.3 is 9.55 Å². The van der Waals surface area contributed by atoms with Crippen molar-refractivity contribution < 1.29 is 0 Å². The number of aromatic nitrogens is 4. The number of aromatic amines is 1. The van der Waals surface area contributed by atoms with Crippen LogP contribution < -0.4 is 0 Å². The third kappa shape index (κ3) is 6.18. The molecule has 88 valence electrons. The summed E-state index contributed by atoms with van der Waals surface area (Å²) in [6.45, 7) is 5.94. The van der Waals surface area contributed by atoms with Gasteiger partial charge in [0.1, 0.15) is 0 Å². The van der Waals surface area contributed by atoms with Crippen molar-refractivity contribution in [1.29, 1.82) is 0 Å². The first kappa shape index (κ1) is 12.7. The summed E-state index contributed by atoms with van der Waals surface area (Å²) in [7, 11) is -0.326. The molecule has 2 rings (SSSR count). The van der Waals surface area contributed by atoms with Gasteiger partial charge in [-0.25, -0.2) is 9.97 Å². The van der Waals surface area contributed by atoms with E-state index in [2.05, 4.69) is 32.6 Å². The lowest BCUT2D eigenvalue weighted by Gasteiger charge is -2.03. The largest absolute Gasteiger partial charge is 0.351 e. The Balaban J connectivity index is 0.000000212. The number of aryl methyl sites for hydroxylation is 1. The Labute approximate surface area is 98.4 Å². The molecule has 0 bridgehead atoms. The fraction of sp³-hybridized carbons (Fsp3) is 0.455. The molecule has 1 N–H and O–H groups in total.